The number of likely N-dealkylation sites (tertiary alicyclic amines) is 1. The minimum atomic E-state index is -0.172. The third-order valence-corrected chi connectivity index (χ3v) is 4.43. The molecule has 1 atom stereocenters. The third-order valence-electron chi connectivity index (χ3n) is 4.43. The van der Waals surface area contributed by atoms with Gasteiger partial charge in [0.15, 0.2) is 0 Å². The Morgan fingerprint density at radius 1 is 1.17 bits per heavy atom. The topological polar surface area (TPSA) is 52.7 Å². The van der Waals surface area contributed by atoms with Crippen LogP contribution < -0.4 is 5.32 Å². The van der Waals surface area contributed by atoms with Crippen LogP contribution in [-0.2, 0) is 16.1 Å². The van der Waals surface area contributed by atoms with Crippen molar-refractivity contribution in [3.63, 3.8) is 0 Å². The fourth-order valence-electron chi connectivity index (χ4n) is 3.22. The predicted octanol–water partition coefficient (Wildman–Crippen LogP) is 1.28. The van der Waals surface area contributed by atoms with Crippen LogP contribution in [0.15, 0.2) is 30.3 Å². The van der Waals surface area contributed by atoms with Crippen molar-refractivity contribution >= 4 is 24.2 Å². The van der Waals surface area contributed by atoms with E-state index in [1.807, 2.05) is 40.1 Å². The summed E-state index contributed by atoms with van der Waals surface area (Å²) >= 11 is 0. The second-order valence-corrected chi connectivity index (χ2v) is 6.09. The van der Waals surface area contributed by atoms with Gasteiger partial charge in [-0.25, -0.2) is 0 Å². The molecule has 1 N–H and O–H groups in total. The number of benzene rings is 1. The van der Waals surface area contributed by atoms with E-state index >= 15 is 0 Å². The van der Waals surface area contributed by atoms with Gasteiger partial charge in [0.1, 0.15) is 0 Å². The molecule has 2 amide bonds. The quantitative estimate of drug-likeness (QED) is 0.904. The highest BCUT2D eigenvalue weighted by atomic mass is 35.5. The number of nitrogens with one attached hydrogen (secondary N) is 1. The van der Waals surface area contributed by atoms with E-state index in [1.54, 1.807) is 0 Å². The molecular weight excluding hydrogens is 314 g/mol. The van der Waals surface area contributed by atoms with Crippen LogP contribution in [0.1, 0.15) is 18.4 Å². The Labute approximate surface area is 143 Å². The highest BCUT2D eigenvalue weighted by molar-refractivity contribution is 5.89. The van der Waals surface area contributed by atoms with Crippen LogP contribution >= 0.6 is 12.4 Å². The lowest BCUT2D eigenvalue weighted by Crippen LogP contribution is -2.39. The molecule has 0 aromatic heterocycles. The van der Waals surface area contributed by atoms with Crippen molar-refractivity contribution in [3.05, 3.63) is 35.9 Å². The first-order valence-corrected chi connectivity index (χ1v) is 8.05. The van der Waals surface area contributed by atoms with E-state index < -0.39 is 0 Å². The molecule has 2 saturated heterocycles. The molecule has 2 fully saturated rings. The zero-order chi connectivity index (χ0) is 15.4. The second kappa shape index (κ2) is 8.31. The van der Waals surface area contributed by atoms with E-state index in [2.05, 4.69) is 5.32 Å². The highest BCUT2D eigenvalue weighted by Gasteiger charge is 2.36. The number of hydrogen-bond donors (Lipinski definition) is 1. The Balaban J connectivity index is 0.00000192. The van der Waals surface area contributed by atoms with Gasteiger partial charge in [-0.15, -0.1) is 12.4 Å². The summed E-state index contributed by atoms with van der Waals surface area (Å²) in [7, 11) is 0. The number of nitrogens with zero attached hydrogens (tertiary/aromatic N) is 2. The van der Waals surface area contributed by atoms with E-state index in [9.17, 15) is 9.59 Å². The first-order valence-electron chi connectivity index (χ1n) is 8.05. The molecule has 2 aliphatic rings. The Morgan fingerprint density at radius 2 is 1.96 bits per heavy atom. The van der Waals surface area contributed by atoms with Crippen molar-refractivity contribution in [1.82, 2.24) is 15.1 Å². The van der Waals surface area contributed by atoms with Gasteiger partial charge in [-0.2, -0.15) is 0 Å². The Morgan fingerprint density at radius 3 is 2.74 bits per heavy atom. The van der Waals surface area contributed by atoms with Gasteiger partial charge in [0.05, 0.1) is 5.92 Å². The minimum absolute atomic E-state index is 0. The van der Waals surface area contributed by atoms with Crippen LogP contribution in [0.2, 0.25) is 0 Å². The first kappa shape index (κ1) is 17.8. The van der Waals surface area contributed by atoms with Gasteiger partial charge in [-0.1, -0.05) is 30.3 Å². The molecule has 2 heterocycles. The summed E-state index contributed by atoms with van der Waals surface area (Å²) in [5.41, 5.74) is 1.11. The lowest BCUT2D eigenvalue weighted by atomic mass is 10.1. The molecule has 3 rings (SSSR count). The zero-order valence-electron chi connectivity index (χ0n) is 13.2. The predicted molar refractivity (Wildman–Crippen MR) is 91.3 cm³/mol. The molecule has 0 spiro atoms. The molecule has 0 bridgehead atoms. The summed E-state index contributed by atoms with van der Waals surface area (Å²) in [4.78, 5) is 28.5. The molecule has 126 valence electrons. The number of amides is 2. The van der Waals surface area contributed by atoms with Crippen LogP contribution in [0.25, 0.3) is 0 Å². The van der Waals surface area contributed by atoms with Gasteiger partial charge >= 0.3 is 0 Å². The molecule has 0 radical (unpaired) electrons. The van der Waals surface area contributed by atoms with Crippen LogP contribution in [0.3, 0.4) is 0 Å². The number of carbonyl (C=O) groups is 2. The van der Waals surface area contributed by atoms with Gasteiger partial charge in [0.25, 0.3) is 0 Å². The maximum absolute atomic E-state index is 12.6. The van der Waals surface area contributed by atoms with Gasteiger partial charge in [-0.3, -0.25) is 9.59 Å². The number of halogens is 1. The zero-order valence-corrected chi connectivity index (χ0v) is 14.1. The minimum Gasteiger partial charge on any atom is -0.341 e. The summed E-state index contributed by atoms with van der Waals surface area (Å²) in [5, 5.41) is 3.30. The summed E-state index contributed by atoms with van der Waals surface area (Å²) in [6.45, 7) is 4.52. The lowest BCUT2D eigenvalue weighted by Gasteiger charge is -2.23. The van der Waals surface area contributed by atoms with Crippen molar-refractivity contribution in [2.24, 2.45) is 5.92 Å². The fraction of sp³-hybridized carbons (Fsp3) is 0.529. The summed E-state index contributed by atoms with van der Waals surface area (Å²) in [5.74, 6) is 0.0667. The molecular formula is C17H24ClN3O2. The largest absolute Gasteiger partial charge is 0.341 e. The number of hydrogen-bond acceptors (Lipinski definition) is 3. The van der Waals surface area contributed by atoms with Crippen LogP contribution in [0.4, 0.5) is 0 Å². The summed E-state index contributed by atoms with van der Waals surface area (Å²) in [6.07, 6.45) is 1.34. The molecule has 5 nitrogen and oxygen atoms in total. The van der Waals surface area contributed by atoms with Crippen molar-refractivity contribution < 1.29 is 9.59 Å². The van der Waals surface area contributed by atoms with Crippen LogP contribution in [0, 0.1) is 5.92 Å². The molecule has 0 aliphatic carbocycles. The lowest BCUT2D eigenvalue weighted by molar-refractivity contribution is -0.135. The van der Waals surface area contributed by atoms with Gasteiger partial charge in [0, 0.05) is 39.1 Å². The fourth-order valence-corrected chi connectivity index (χ4v) is 3.22. The van der Waals surface area contributed by atoms with Crippen molar-refractivity contribution in [2.75, 3.05) is 32.7 Å². The van der Waals surface area contributed by atoms with Crippen molar-refractivity contribution in [3.8, 4) is 0 Å². The van der Waals surface area contributed by atoms with Crippen LogP contribution in [0.5, 0.6) is 0 Å². The number of carbonyl (C=O) groups excluding carboxylic acids is 2. The van der Waals surface area contributed by atoms with Gasteiger partial charge in [0.2, 0.25) is 11.8 Å². The number of rotatable bonds is 3. The molecule has 1 aromatic carbocycles. The Hall–Kier alpha value is -1.59. The Bertz CT molecular complexity index is 530. The first-order chi connectivity index (χ1) is 10.7. The monoisotopic (exact) mass is 337 g/mol. The SMILES string of the molecule is Cl.O=C1CC(C(=O)N2CCCNCC2)CN1Cc1ccccc1. The maximum Gasteiger partial charge on any atom is 0.228 e. The molecule has 1 aromatic rings. The molecule has 6 heteroatoms. The smallest absolute Gasteiger partial charge is 0.228 e. The second-order valence-electron chi connectivity index (χ2n) is 6.09. The van der Waals surface area contributed by atoms with Crippen LogP contribution in [-0.4, -0.2) is 54.3 Å². The average molecular weight is 338 g/mol. The average Bonchev–Trinajstić information content (AvgIpc) is 2.76. The van der Waals surface area contributed by atoms with Crippen molar-refractivity contribution in [2.45, 2.75) is 19.4 Å². The normalized spacial score (nSPS) is 21.7. The molecule has 0 saturated carbocycles. The summed E-state index contributed by atoms with van der Waals surface area (Å²) in [6, 6.07) is 9.95. The van der Waals surface area contributed by atoms with E-state index in [1.165, 1.54) is 0 Å². The molecule has 1 unspecified atom stereocenters. The third kappa shape index (κ3) is 4.45. The van der Waals surface area contributed by atoms with E-state index in [0.717, 1.165) is 38.2 Å². The molecule has 23 heavy (non-hydrogen) atoms. The highest BCUT2D eigenvalue weighted by Crippen LogP contribution is 2.22. The maximum atomic E-state index is 12.6. The van der Waals surface area contributed by atoms with Gasteiger partial charge < -0.3 is 15.1 Å². The summed E-state index contributed by atoms with van der Waals surface area (Å²) < 4.78 is 0. The van der Waals surface area contributed by atoms with Crippen molar-refractivity contribution in [1.29, 1.82) is 0 Å². The Kier molecular flexibility index (Phi) is 6.42. The van der Waals surface area contributed by atoms with Gasteiger partial charge in [-0.05, 0) is 18.5 Å². The standard InChI is InChI=1S/C17H23N3O2.ClH/c21-16-11-15(17(22)19-9-4-7-18-8-10-19)13-20(16)12-14-5-2-1-3-6-14;/h1-3,5-6,15,18H,4,7-13H2;1H. The van der Waals surface area contributed by atoms with E-state index in [-0.39, 0.29) is 30.1 Å². The molecule has 2 aliphatic heterocycles. The van der Waals surface area contributed by atoms with E-state index in [4.69, 9.17) is 0 Å². The van der Waals surface area contributed by atoms with E-state index in [0.29, 0.717) is 19.5 Å².